The SMILES string of the molecule is O=C(CCCSc1ccccc1)NNC(=O)C1COc2ccccc2O1. The van der Waals surface area contributed by atoms with E-state index in [1.165, 1.54) is 4.90 Å². The number of carbonyl (C=O) groups excluding carboxylic acids is 2. The van der Waals surface area contributed by atoms with Crippen LogP contribution in [0.25, 0.3) is 0 Å². The van der Waals surface area contributed by atoms with Crippen LogP contribution in [0.3, 0.4) is 0 Å². The molecule has 1 heterocycles. The van der Waals surface area contributed by atoms with Crippen LogP contribution in [0.1, 0.15) is 12.8 Å². The number of rotatable bonds is 6. The van der Waals surface area contributed by atoms with Crippen molar-refractivity contribution in [1.82, 2.24) is 10.9 Å². The van der Waals surface area contributed by atoms with Gasteiger partial charge in [0.25, 0.3) is 5.91 Å². The fourth-order valence-electron chi connectivity index (χ4n) is 2.36. The van der Waals surface area contributed by atoms with Crippen LogP contribution in [0.4, 0.5) is 0 Å². The van der Waals surface area contributed by atoms with Crippen LogP contribution >= 0.6 is 11.8 Å². The Hall–Kier alpha value is -2.67. The minimum Gasteiger partial charge on any atom is -0.485 e. The summed E-state index contributed by atoms with van der Waals surface area (Å²) >= 11 is 1.70. The van der Waals surface area contributed by atoms with Gasteiger partial charge >= 0.3 is 0 Å². The van der Waals surface area contributed by atoms with Crippen LogP contribution in [0.15, 0.2) is 59.5 Å². The molecular weight excluding hydrogens is 352 g/mol. The predicted molar refractivity (Wildman–Crippen MR) is 99.0 cm³/mol. The molecule has 0 radical (unpaired) electrons. The minimum absolute atomic E-state index is 0.104. The van der Waals surface area contributed by atoms with E-state index in [0.717, 1.165) is 12.2 Å². The smallest absolute Gasteiger partial charge is 0.283 e. The Morgan fingerprint density at radius 2 is 1.73 bits per heavy atom. The molecule has 6 nitrogen and oxygen atoms in total. The van der Waals surface area contributed by atoms with E-state index in [2.05, 4.69) is 10.9 Å². The number of carbonyl (C=O) groups is 2. The maximum absolute atomic E-state index is 12.1. The molecule has 2 N–H and O–H groups in total. The minimum atomic E-state index is -0.793. The van der Waals surface area contributed by atoms with E-state index in [1.54, 1.807) is 30.0 Å². The molecule has 0 fully saturated rings. The number of amides is 2. The van der Waals surface area contributed by atoms with Crippen molar-refractivity contribution in [3.8, 4) is 11.5 Å². The van der Waals surface area contributed by atoms with E-state index in [1.807, 2.05) is 36.4 Å². The number of hydrogen-bond donors (Lipinski definition) is 2. The first-order valence-electron chi connectivity index (χ1n) is 8.37. The second-order valence-electron chi connectivity index (χ2n) is 5.67. The highest BCUT2D eigenvalue weighted by Crippen LogP contribution is 2.30. The van der Waals surface area contributed by atoms with Gasteiger partial charge in [0.05, 0.1) is 0 Å². The lowest BCUT2D eigenvalue weighted by Gasteiger charge is -2.25. The van der Waals surface area contributed by atoms with E-state index in [4.69, 9.17) is 9.47 Å². The second kappa shape index (κ2) is 9.15. The number of hydrogen-bond acceptors (Lipinski definition) is 5. The third-order valence-electron chi connectivity index (χ3n) is 3.69. The Bertz CT molecular complexity index is 754. The van der Waals surface area contributed by atoms with Crippen LogP contribution < -0.4 is 20.3 Å². The van der Waals surface area contributed by atoms with E-state index in [9.17, 15) is 9.59 Å². The molecule has 2 amide bonds. The van der Waals surface area contributed by atoms with Crippen LogP contribution in [0.2, 0.25) is 0 Å². The number of ether oxygens (including phenoxy) is 2. The van der Waals surface area contributed by atoms with Crippen molar-refractivity contribution >= 4 is 23.6 Å². The first kappa shape index (κ1) is 18.1. The summed E-state index contributed by atoms with van der Waals surface area (Å²) in [7, 11) is 0. The van der Waals surface area contributed by atoms with Gasteiger partial charge in [-0.3, -0.25) is 20.4 Å². The molecule has 0 aliphatic carbocycles. The monoisotopic (exact) mass is 372 g/mol. The van der Waals surface area contributed by atoms with Crippen molar-refractivity contribution in [1.29, 1.82) is 0 Å². The van der Waals surface area contributed by atoms with Gasteiger partial charge in [-0.15, -0.1) is 11.8 Å². The molecule has 0 saturated heterocycles. The van der Waals surface area contributed by atoms with E-state index < -0.39 is 12.0 Å². The van der Waals surface area contributed by atoms with Crippen molar-refractivity contribution < 1.29 is 19.1 Å². The first-order chi connectivity index (χ1) is 12.7. The van der Waals surface area contributed by atoms with Gasteiger partial charge in [0.1, 0.15) is 6.61 Å². The largest absolute Gasteiger partial charge is 0.485 e. The van der Waals surface area contributed by atoms with Gasteiger partial charge in [0, 0.05) is 11.3 Å². The van der Waals surface area contributed by atoms with Gasteiger partial charge in [0.15, 0.2) is 11.5 Å². The molecule has 2 aromatic carbocycles. The number of nitrogens with one attached hydrogen (secondary N) is 2. The summed E-state index contributed by atoms with van der Waals surface area (Å²) in [5.74, 6) is 1.29. The molecule has 1 aliphatic rings. The number of hydrazine groups is 1. The van der Waals surface area contributed by atoms with Crippen molar-refractivity contribution in [2.45, 2.75) is 23.8 Å². The molecular formula is C19H20N2O4S. The highest BCUT2D eigenvalue weighted by molar-refractivity contribution is 7.99. The molecule has 1 atom stereocenters. The normalized spacial score (nSPS) is 15.2. The van der Waals surface area contributed by atoms with Gasteiger partial charge in [-0.05, 0) is 36.4 Å². The van der Waals surface area contributed by atoms with Gasteiger partial charge in [0.2, 0.25) is 12.0 Å². The Morgan fingerprint density at radius 1 is 1.00 bits per heavy atom. The van der Waals surface area contributed by atoms with Gasteiger partial charge in [-0.1, -0.05) is 30.3 Å². The third kappa shape index (κ3) is 5.16. The number of fused-ring (bicyclic) bond motifs is 1. The predicted octanol–water partition coefficient (Wildman–Crippen LogP) is 2.55. The third-order valence-corrected chi connectivity index (χ3v) is 4.78. The Morgan fingerprint density at radius 3 is 2.54 bits per heavy atom. The molecule has 136 valence electrons. The van der Waals surface area contributed by atoms with Crippen LogP contribution in [0, 0.1) is 0 Å². The summed E-state index contributed by atoms with van der Waals surface area (Å²) in [5.41, 5.74) is 4.81. The van der Waals surface area contributed by atoms with E-state index >= 15 is 0 Å². The highest BCUT2D eigenvalue weighted by atomic mass is 32.2. The van der Waals surface area contributed by atoms with Crippen molar-refractivity contribution in [3.63, 3.8) is 0 Å². The molecule has 1 unspecified atom stereocenters. The second-order valence-corrected chi connectivity index (χ2v) is 6.84. The Labute approximate surface area is 156 Å². The fraction of sp³-hybridized carbons (Fsp3) is 0.263. The van der Waals surface area contributed by atoms with Crippen molar-refractivity contribution in [2.75, 3.05) is 12.4 Å². The van der Waals surface area contributed by atoms with Gasteiger partial charge in [-0.2, -0.15) is 0 Å². The van der Waals surface area contributed by atoms with Crippen LogP contribution in [-0.2, 0) is 9.59 Å². The van der Waals surface area contributed by atoms with Gasteiger partial charge < -0.3 is 9.47 Å². The molecule has 0 aromatic heterocycles. The summed E-state index contributed by atoms with van der Waals surface area (Å²) in [6, 6.07) is 17.2. The fourth-order valence-corrected chi connectivity index (χ4v) is 3.24. The maximum atomic E-state index is 12.1. The summed E-state index contributed by atoms with van der Waals surface area (Å²) in [6.45, 7) is 0.104. The standard InChI is InChI=1S/C19H20N2O4S/c22-18(11-6-12-26-14-7-2-1-3-8-14)20-21-19(23)17-13-24-15-9-4-5-10-16(15)25-17/h1-5,7-10,17H,6,11-13H2,(H,20,22)(H,21,23). The number of thioether (sulfide) groups is 1. The molecule has 0 spiro atoms. The van der Waals surface area contributed by atoms with E-state index in [-0.39, 0.29) is 12.5 Å². The quantitative estimate of drug-likeness (QED) is 0.463. The summed E-state index contributed by atoms with van der Waals surface area (Å²) in [5, 5.41) is 0. The maximum Gasteiger partial charge on any atom is 0.283 e. The zero-order valence-corrected chi connectivity index (χ0v) is 15.0. The van der Waals surface area contributed by atoms with Gasteiger partial charge in [-0.25, -0.2) is 0 Å². The summed E-state index contributed by atoms with van der Waals surface area (Å²) in [6.07, 6.45) is 0.265. The molecule has 3 rings (SSSR count). The summed E-state index contributed by atoms with van der Waals surface area (Å²) < 4.78 is 11.1. The number of para-hydroxylation sites is 2. The number of benzene rings is 2. The Balaban J connectivity index is 1.33. The molecule has 0 bridgehead atoms. The summed E-state index contributed by atoms with van der Waals surface area (Å²) in [4.78, 5) is 25.1. The lowest BCUT2D eigenvalue weighted by molar-refractivity contribution is -0.135. The molecule has 1 aliphatic heterocycles. The van der Waals surface area contributed by atoms with Crippen molar-refractivity contribution in [3.05, 3.63) is 54.6 Å². The lowest BCUT2D eigenvalue weighted by atomic mass is 10.2. The van der Waals surface area contributed by atoms with Crippen LogP contribution in [-0.4, -0.2) is 30.3 Å². The van der Waals surface area contributed by atoms with Crippen LogP contribution in [0.5, 0.6) is 11.5 Å². The first-order valence-corrected chi connectivity index (χ1v) is 9.36. The average Bonchev–Trinajstić information content (AvgIpc) is 2.70. The topological polar surface area (TPSA) is 76.7 Å². The lowest BCUT2D eigenvalue weighted by Crippen LogP contribution is -2.50. The molecule has 26 heavy (non-hydrogen) atoms. The Kier molecular flexibility index (Phi) is 6.38. The average molecular weight is 372 g/mol. The zero-order valence-electron chi connectivity index (χ0n) is 14.1. The molecule has 0 saturated carbocycles. The zero-order chi connectivity index (χ0) is 18.2. The molecule has 2 aromatic rings. The van der Waals surface area contributed by atoms with E-state index in [0.29, 0.717) is 17.9 Å². The molecule has 7 heteroatoms. The highest BCUT2D eigenvalue weighted by Gasteiger charge is 2.27. The van der Waals surface area contributed by atoms with Crippen molar-refractivity contribution in [2.24, 2.45) is 0 Å².